The highest BCUT2D eigenvalue weighted by Crippen LogP contribution is 2.51. The Morgan fingerprint density at radius 2 is 1.16 bits per heavy atom. The maximum Gasteiger partial charge on any atom is 0.164 e. The fourth-order valence-corrected chi connectivity index (χ4v) is 6.75. The van der Waals surface area contributed by atoms with Gasteiger partial charge in [-0.3, -0.25) is 0 Å². The monoisotopic (exact) mass is 349 g/mol. The summed E-state index contributed by atoms with van der Waals surface area (Å²) in [5.74, 6) is -0.0975. The molecule has 0 bridgehead atoms. The molecule has 0 spiro atoms. The van der Waals surface area contributed by atoms with E-state index in [2.05, 4.69) is 24.0 Å². The zero-order valence-electron chi connectivity index (χ0n) is 14.7. The SMILES string of the molecule is CCC(N(C)c1ccccc1)P(=O)(c1ccccc1)c1ccccc1. The van der Waals surface area contributed by atoms with Crippen LogP contribution in [0, 0.1) is 0 Å². The van der Waals surface area contributed by atoms with Gasteiger partial charge >= 0.3 is 0 Å². The van der Waals surface area contributed by atoms with Crippen LogP contribution in [0.25, 0.3) is 0 Å². The lowest BCUT2D eigenvalue weighted by Gasteiger charge is -2.36. The van der Waals surface area contributed by atoms with Gasteiger partial charge in [0.1, 0.15) is 0 Å². The first-order valence-corrected chi connectivity index (χ1v) is 10.4. The lowest BCUT2D eigenvalue weighted by Crippen LogP contribution is -2.37. The van der Waals surface area contributed by atoms with Crippen LogP contribution in [0.5, 0.6) is 0 Å². The van der Waals surface area contributed by atoms with Crippen molar-refractivity contribution in [1.29, 1.82) is 0 Å². The van der Waals surface area contributed by atoms with Gasteiger partial charge in [0.2, 0.25) is 0 Å². The molecule has 0 aromatic heterocycles. The van der Waals surface area contributed by atoms with Crippen molar-refractivity contribution in [3.05, 3.63) is 91.0 Å². The van der Waals surface area contributed by atoms with E-state index in [0.29, 0.717) is 0 Å². The second kappa shape index (κ2) is 7.72. The van der Waals surface area contributed by atoms with E-state index >= 15 is 0 Å². The number of hydrogen-bond acceptors (Lipinski definition) is 2. The van der Waals surface area contributed by atoms with Crippen LogP contribution in [0.1, 0.15) is 13.3 Å². The zero-order chi connectivity index (χ0) is 17.7. The molecule has 3 rings (SSSR count). The zero-order valence-corrected chi connectivity index (χ0v) is 15.6. The molecule has 0 radical (unpaired) electrons. The Labute approximate surface area is 150 Å². The third kappa shape index (κ3) is 3.41. The molecule has 0 aliphatic heterocycles. The summed E-state index contributed by atoms with van der Waals surface area (Å²) in [6.45, 7) is 2.11. The number of benzene rings is 3. The van der Waals surface area contributed by atoms with Gasteiger partial charge in [-0.05, 0) is 18.6 Å². The third-order valence-corrected chi connectivity index (χ3v) is 8.36. The van der Waals surface area contributed by atoms with E-state index in [9.17, 15) is 4.57 Å². The van der Waals surface area contributed by atoms with Gasteiger partial charge in [0.05, 0.1) is 5.78 Å². The summed E-state index contributed by atoms with van der Waals surface area (Å²) < 4.78 is 14.5. The molecule has 1 atom stereocenters. The Bertz CT molecular complexity index is 790. The summed E-state index contributed by atoms with van der Waals surface area (Å²) in [6, 6.07) is 30.0. The molecule has 128 valence electrons. The van der Waals surface area contributed by atoms with E-state index in [1.165, 1.54) is 0 Å². The van der Waals surface area contributed by atoms with E-state index in [-0.39, 0.29) is 5.78 Å². The van der Waals surface area contributed by atoms with Crippen LogP contribution in [-0.4, -0.2) is 12.8 Å². The molecular weight excluding hydrogens is 325 g/mol. The topological polar surface area (TPSA) is 20.3 Å². The summed E-state index contributed by atoms with van der Waals surface area (Å²) >= 11 is 0. The molecule has 3 aromatic rings. The summed E-state index contributed by atoms with van der Waals surface area (Å²) in [4.78, 5) is 2.17. The Hall–Kier alpha value is -2.31. The molecule has 0 saturated heterocycles. The molecule has 0 amide bonds. The summed E-state index contributed by atoms with van der Waals surface area (Å²) in [7, 11) is -0.786. The Morgan fingerprint density at radius 3 is 1.56 bits per heavy atom. The molecule has 1 unspecified atom stereocenters. The van der Waals surface area contributed by atoms with E-state index in [1.807, 2.05) is 85.9 Å². The Balaban J connectivity index is 2.15. The molecule has 3 heteroatoms. The van der Waals surface area contributed by atoms with Gasteiger partial charge in [-0.15, -0.1) is 0 Å². The average Bonchev–Trinajstić information content (AvgIpc) is 2.70. The third-order valence-electron chi connectivity index (χ3n) is 4.67. The van der Waals surface area contributed by atoms with Crippen molar-refractivity contribution in [1.82, 2.24) is 0 Å². The molecule has 25 heavy (non-hydrogen) atoms. The van der Waals surface area contributed by atoms with Gasteiger partial charge in [0.25, 0.3) is 0 Å². The van der Waals surface area contributed by atoms with E-state index in [0.717, 1.165) is 22.7 Å². The number of nitrogens with zero attached hydrogens (tertiary/aromatic N) is 1. The first-order chi connectivity index (χ1) is 12.2. The highest BCUT2D eigenvalue weighted by atomic mass is 31.2. The maximum absolute atomic E-state index is 14.5. The van der Waals surface area contributed by atoms with Crippen LogP contribution in [0.4, 0.5) is 5.69 Å². The van der Waals surface area contributed by atoms with Crippen molar-refractivity contribution in [2.75, 3.05) is 11.9 Å². The highest BCUT2D eigenvalue weighted by Gasteiger charge is 2.38. The van der Waals surface area contributed by atoms with Gasteiger partial charge in [0.15, 0.2) is 7.14 Å². The van der Waals surface area contributed by atoms with Crippen molar-refractivity contribution < 1.29 is 4.57 Å². The number of rotatable bonds is 6. The molecule has 0 aliphatic rings. The van der Waals surface area contributed by atoms with Gasteiger partial charge in [-0.1, -0.05) is 85.8 Å². The molecule has 0 saturated carbocycles. The van der Waals surface area contributed by atoms with Crippen LogP contribution in [0.3, 0.4) is 0 Å². The van der Waals surface area contributed by atoms with Gasteiger partial charge in [-0.25, -0.2) is 0 Å². The minimum absolute atomic E-state index is 0.0975. The van der Waals surface area contributed by atoms with Crippen molar-refractivity contribution in [2.45, 2.75) is 19.1 Å². The highest BCUT2D eigenvalue weighted by molar-refractivity contribution is 7.79. The lowest BCUT2D eigenvalue weighted by molar-refractivity contribution is 0.572. The second-order valence-corrected chi connectivity index (χ2v) is 9.11. The average molecular weight is 349 g/mol. The fourth-order valence-electron chi connectivity index (χ4n) is 3.40. The molecule has 0 fully saturated rings. The minimum Gasteiger partial charge on any atom is -0.364 e. The maximum atomic E-state index is 14.5. The van der Waals surface area contributed by atoms with Gasteiger partial charge in [-0.2, -0.15) is 0 Å². The predicted molar refractivity (Wildman–Crippen MR) is 109 cm³/mol. The van der Waals surface area contributed by atoms with Crippen LogP contribution in [0.15, 0.2) is 91.0 Å². The van der Waals surface area contributed by atoms with Crippen LogP contribution >= 0.6 is 7.14 Å². The Kier molecular flexibility index (Phi) is 5.40. The van der Waals surface area contributed by atoms with Crippen LogP contribution < -0.4 is 15.5 Å². The second-order valence-electron chi connectivity index (χ2n) is 6.16. The quantitative estimate of drug-likeness (QED) is 0.592. The first-order valence-electron chi connectivity index (χ1n) is 8.66. The largest absolute Gasteiger partial charge is 0.364 e. The van der Waals surface area contributed by atoms with Crippen molar-refractivity contribution >= 4 is 23.4 Å². The number of para-hydroxylation sites is 1. The molecule has 2 nitrogen and oxygen atoms in total. The minimum atomic E-state index is -2.83. The van der Waals surface area contributed by atoms with E-state index in [4.69, 9.17) is 0 Å². The summed E-state index contributed by atoms with van der Waals surface area (Å²) in [5, 5.41) is 1.83. The molecular formula is C22H24NOP. The standard InChI is InChI=1S/C22H24NOP/c1-3-22(23(2)19-13-7-4-8-14-19)25(24,20-15-9-5-10-16-20)21-17-11-6-12-18-21/h4-18,22H,3H2,1-2H3. The van der Waals surface area contributed by atoms with Crippen LogP contribution in [-0.2, 0) is 4.57 Å². The Morgan fingerprint density at radius 1 is 0.760 bits per heavy atom. The van der Waals surface area contributed by atoms with Gasteiger partial charge < -0.3 is 9.46 Å². The number of hydrogen-bond donors (Lipinski definition) is 0. The summed E-state index contributed by atoms with van der Waals surface area (Å²) in [5.41, 5.74) is 1.08. The first kappa shape index (κ1) is 17.5. The van der Waals surface area contributed by atoms with Crippen LogP contribution in [0.2, 0.25) is 0 Å². The van der Waals surface area contributed by atoms with Crippen molar-refractivity contribution in [3.63, 3.8) is 0 Å². The smallest absolute Gasteiger partial charge is 0.164 e. The lowest BCUT2D eigenvalue weighted by atomic mass is 10.3. The van der Waals surface area contributed by atoms with Gasteiger partial charge in [0, 0.05) is 23.3 Å². The normalized spacial score (nSPS) is 12.6. The molecule has 0 N–H and O–H groups in total. The van der Waals surface area contributed by atoms with E-state index in [1.54, 1.807) is 0 Å². The molecule has 3 aromatic carbocycles. The predicted octanol–water partition coefficient (Wildman–Crippen LogP) is 4.87. The molecule has 0 aliphatic carbocycles. The number of anilines is 1. The van der Waals surface area contributed by atoms with Crippen molar-refractivity contribution in [3.8, 4) is 0 Å². The molecule has 0 heterocycles. The fraction of sp³-hybridized carbons (Fsp3) is 0.182. The van der Waals surface area contributed by atoms with Crippen molar-refractivity contribution in [2.24, 2.45) is 0 Å². The summed E-state index contributed by atoms with van der Waals surface area (Å²) in [6.07, 6.45) is 0.798. The van der Waals surface area contributed by atoms with E-state index < -0.39 is 7.14 Å².